The fraction of sp³-hybridized carbons (Fsp3) is 0.182. The number of anilines is 1. The highest BCUT2D eigenvalue weighted by atomic mass is 35.5. The van der Waals surface area contributed by atoms with Crippen LogP contribution >= 0.6 is 11.6 Å². The Labute approximate surface area is 191 Å². The predicted molar refractivity (Wildman–Crippen MR) is 115 cm³/mol. The number of carbonyl (C=O) groups excluding carboxylic acids is 4. The minimum atomic E-state index is -1.02. The average molecular weight is 466 g/mol. The van der Waals surface area contributed by atoms with Crippen LogP contribution in [0, 0.1) is 0 Å². The van der Waals surface area contributed by atoms with Crippen molar-refractivity contribution in [2.45, 2.75) is 25.4 Å². The van der Waals surface area contributed by atoms with Crippen LogP contribution < -0.4 is 10.6 Å². The zero-order valence-electron chi connectivity index (χ0n) is 17.0. The number of fused-ring (bicyclic) bond motifs is 1. The van der Waals surface area contributed by atoms with Gasteiger partial charge in [0.25, 0.3) is 11.8 Å². The molecular formula is C22H16ClN5O5. The first-order valence-corrected chi connectivity index (χ1v) is 10.5. The molecular weight excluding hydrogens is 450 g/mol. The maximum atomic E-state index is 13.1. The Morgan fingerprint density at radius 3 is 2.70 bits per heavy atom. The first-order valence-electron chi connectivity index (χ1n) is 10.1. The molecule has 3 aromatic rings. The number of aromatic nitrogens is 2. The van der Waals surface area contributed by atoms with E-state index >= 15 is 0 Å². The molecule has 1 aromatic carbocycles. The molecule has 4 amide bonds. The van der Waals surface area contributed by atoms with Crippen LogP contribution in [0.15, 0.2) is 47.1 Å². The standard InChI is InChI=1S/C22H16ClN5O5/c23-16-6-4-11(8-25-16)20-26-10-12(33-20)9-24-14-3-1-2-13-18(14)22(32)28(21(13)31)15-5-7-17(29)27-19(15)30/h1-4,6,8,10,15,24H,5,7,9H2,(H,27,29,30). The molecule has 0 aliphatic carbocycles. The lowest BCUT2D eigenvalue weighted by molar-refractivity contribution is -0.136. The summed E-state index contributed by atoms with van der Waals surface area (Å²) in [5.41, 5.74) is 1.45. The molecule has 1 unspecified atom stereocenters. The van der Waals surface area contributed by atoms with E-state index in [1.54, 1.807) is 36.7 Å². The van der Waals surface area contributed by atoms with Crippen molar-refractivity contribution in [2.75, 3.05) is 5.32 Å². The molecule has 1 saturated heterocycles. The smallest absolute Gasteiger partial charge is 0.264 e. The Morgan fingerprint density at radius 1 is 1.09 bits per heavy atom. The third kappa shape index (κ3) is 3.74. The van der Waals surface area contributed by atoms with Crippen LogP contribution in [0.25, 0.3) is 11.5 Å². The zero-order valence-corrected chi connectivity index (χ0v) is 17.8. The van der Waals surface area contributed by atoms with E-state index in [-0.39, 0.29) is 30.5 Å². The number of hydrogen-bond donors (Lipinski definition) is 2. The lowest BCUT2D eigenvalue weighted by atomic mass is 10.0. The van der Waals surface area contributed by atoms with E-state index in [1.807, 2.05) is 0 Å². The van der Waals surface area contributed by atoms with Crippen molar-refractivity contribution in [1.82, 2.24) is 20.2 Å². The van der Waals surface area contributed by atoms with Crippen molar-refractivity contribution in [2.24, 2.45) is 0 Å². The Kier molecular flexibility index (Phi) is 5.14. The molecule has 10 nitrogen and oxygen atoms in total. The summed E-state index contributed by atoms with van der Waals surface area (Å²) in [5.74, 6) is -1.36. The third-order valence-electron chi connectivity index (χ3n) is 5.45. The van der Waals surface area contributed by atoms with Crippen molar-refractivity contribution in [1.29, 1.82) is 0 Å². The highest BCUT2D eigenvalue weighted by Crippen LogP contribution is 2.32. The molecule has 2 aliphatic heterocycles. The Morgan fingerprint density at radius 2 is 1.94 bits per heavy atom. The normalized spacial score (nSPS) is 17.8. The van der Waals surface area contributed by atoms with Gasteiger partial charge in [-0.15, -0.1) is 0 Å². The maximum absolute atomic E-state index is 13.1. The third-order valence-corrected chi connectivity index (χ3v) is 5.67. The number of hydrogen-bond acceptors (Lipinski definition) is 8. The number of halogens is 1. The lowest BCUT2D eigenvalue weighted by Crippen LogP contribution is -2.54. The van der Waals surface area contributed by atoms with Crippen LogP contribution in [0.4, 0.5) is 5.69 Å². The largest absolute Gasteiger partial charge is 0.439 e. The monoisotopic (exact) mass is 465 g/mol. The summed E-state index contributed by atoms with van der Waals surface area (Å²) in [4.78, 5) is 58.9. The topological polar surface area (TPSA) is 134 Å². The van der Waals surface area contributed by atoms with Crippen LogP contribution in [0.2, 0.25) is 5.15 Å². The summed E-state index contributed by atoms with van der Waals surface area (Å²) < 4.78 is 5.74. The van der Waals surface area contributed by atoms with Crippen LogP contribution in [0.3, 0.4) is 0 Å². The highest BCUT2D eigenvalue weighted by Gasteiger charge is 2.45. The number of amides is 4. The van der Waals surface area contributed by atoms with Gasteiger partial charge in [-0.05, 0) is 30.7 Å². The first kappa shape index (κ1) is 20.8. The summed E-state index contributed by atoms with van der Waals surface area (Å²) in [6.07, 6.45) is 3.25. The Hall–Kier alpha value is -4.05. The van der Waals surface area contributed by atoms with Gasteiger partial charge in [-0.2, -0.15) is 0 Å². The molecule has 166 valence electrons. The molecule has 0 radical (unpaired) electrons. The van der Waals surface area contributed by atoms with E-state index in [1.165, 1.54) is 6.07 Å². The summed E-state index contributed by atoms with van der Waals surface area (Å²) in [6, 6.07) is 7.18. The van der Waals surface area contributed by atoms with Crippen molar-refractivity contribution < 1.29 is 23.6 Å². The van der Waals surface area contributed by atoms with E-state index in [0.29, 0.717) is 28.1 Å². The van der Waals surface area contributed by atoms with Crippen LogP contribution in [-0.2, 0) is 16.1 Å². The molecule has 2 N–H and O–H groups in total. The molecule has 2 aromatic heterocycles. The van der Waals surface area contributed by atoms with E-state index in [2.05, 4.69) is 20.6 Å². The molecule has 1 fully saturated rings. The van der Waals surface area contributed by atoms with E-state index < -0.39 is 29.7 Å². The van der Waals surface area contributed by atoms with Crippen molar-refractivity contribution in [3.63, 3.8) is 0 Å². The van der Waals surface area contributed by atoms with E-state index in [0.717, 1.165) is 4.90 Å². The van der Waals surface area contributed by atoms with Gasteiger partial charge < -0.3 is 9.73 Å². The molecule has 1 atom stereocenters. The summed E-state index contributed by atoms with van der Waals surface area (Å²) in [6.45, 7) is 0.199. The summed E-state index contributed by atoms with van der Waals surface area (Å²) in [7, 11) is 0. The van der Waals surface area contributed by atoms with Gasteiger partial charge in [0.1, 0.15) is 17.0 Å². The van der Waals surface area contributed by atoms with Gasteiger partial charge in [-0.3, -0.25) is 29.4 Å². The lowest BCUT2D eigenvalue weighted by Gasteiger charge is -2.27. The van der Waals surface area contributed by atoms with Gasteiger partial charge in [0.15, 0.2) is 0 Å². The molecule has 33 heavy (non-hydrogen) atoms. The van der Waals surface area contributed by atoms with Gasteiger partial charge >= 0.3 is 0 Å². The first-order chi connectivity index (χ1) is 15.9. The van der Waals surface area contributed by atoms with Crippen LogP contribution in [-0.4, -0.2) is 44.5 Å². The van der Waals surface area contributed by atoms with Gasteiger partial charge in [0.2, 0.25) is 17.7 Å². The SMILES string of the molecule is O=C1CCC(N2C(=O)c3cccc(NCc4cnc(-c5ccc(Cl)nc5)o4)c3C2=O)C(=O)N1. The minimum Gasteiger partial charge on any atom is -0.439 e. The average Bonchev–Trinajstić information content (AvgIpc) is 3.37. The fourth-order valence-electron chi connectivity index (χ4n) is 3.87. The summed E-state index contributed by atoms with van der Waals surface area (Å²) in [5, 5.41) is 5.64. The predicted octanol–water partition coefficient (Wildman–Crippen LogP) is 2.40. The number of piperidine rings is 1. The number of pyridine rings is 1. The molecule has 11 heteroatoms. The number of carbonyl (C=O) groups is 4. The fourth-order valence-corrected chi connectivity index (χ4v) is 3.98. The number of oxazole rings is 1. The molecule has 0 spiro atoms. The second kappa shape index (κ2) is 8.14. The Bertz CT molecular complexity index is 1300. The van der Waals surface area contributed by atoms with E-state index in [9.17, 15) is 19.2 Å². The van der Waals surface area contributed by atoms with Gasteiger partial charge in [0.05, 0.1) is 29.4 Å². The van der Waals surface area contributed by atoms with Crippen molar-refractivity contribution in [3.05, 3.63) is 64.8 Å². The minimum absolute atomic E-state index is 0.0614. The maximum Gasteiger partial charge on any atom is 0.264 e. The molecule has 0 bridgehead atoms. The second-order valence-electron chi connectivity index (χ2n) is 7.53. The molecule has 4 heterocycles. The highest BCUT2D eigenvalue weighted by molar-refractivity contribution is 6.29. The zero-order chi connectivity index (χ0) is 23.1. The molecule has 0 saturated carbocycles. The molecule has 5 rings (SSSR count). The van der Waals surface area contributed by atoms with Crippen molar-refractivity contribution in [3.8, 4) is 11.5 Å². The van der Waals surface area contributed by atoms with Gasteiger partial charge in [-0.25, -0.2) is 9.97 Å². The number of imide groups is 2. The van der Waals surface area contributed by atoms with Crippen LogP contribution in [0.1, 0.15) is 39.3 Å². The van der Waals surface area contributed by atoms with Gasteiger partial charge in [-0.1, -0.05) is 17.7 Å². The van der Waals surface area contributed by atoms with E-state index in [4.69, 9.17) is 16.0 Å². The Balaban J connectivity index is 1.35. The summed E-state index contributed by atoms with van der Waals surface area (Å²) >= 11 is 5.80. The van der Waals surface area contributed by atoms with Gasteiger partial charge in [0, 0.05) is 18.3 Å². The quantitative estimate of drug-likeness (QED) is 0.433. The number of rotatable bonds is 5. The molecule has 2 aliphatic rings. The second-order valence-corrected chi connectivity index (χ2v) is 7.92. The number of nitrogens with one attached hydrogen (secondary N) is 2. The number of benzene rings is 1. The van der Waals surface area contributed by atoms with Crippen LogP contribution in [0.5, 0.6) is 0 Å². The van der Waals surface area contributed by atoms with Crippen molar-refractivity contribution >= 4 is 40.9 Å². The number of nitrogens with zero attached hydrogens (tertiary/aromatic N) is 3.